The lowest BCUT2D eigenvalue weighted by atomic mass is 10.00. The topological polar surface area (TPSA) is 200 Å². The van der Waals surface area contributed by atoms with Crippen molar-refractivity contribution in [2.45, 2.75) is 6.04 Å². The van der Waals surface area contributed by atoms with Gasteiger partial charge in [-0.15, -0.1) is 0 Å². The second-order valence-corrected chi connectivity index (χ2v) is 7.39. The maximum absolute atomic E-state index is 14.1. The van der Waals surface area contributed by atoms with Gasteiger partial charge in [0.1, 0.15) is 5.82 Å². The lowest BCUT2D eigenvalue weighted by Crippen LogP contribution is -2.31. The summed E-state index contributed by atoms with van der Waals surface area (Å²) in [5.74, 6) is -5.33. The predicted molar refractivity (Wildman–Crippen MR) is 134 cm³/mol. The molecule has 0 saturated carbocycles. The summed E-state index contributed by atoms with van der Waals surface area (Å²) in [6.45, 7) is 0.947. The van der Waals surface area contributed by atoms with Gasteiger partial charge >= 0.3 is 23.9 Å². The lowest BCUT2D eigenvalue weighted by Gasteiger charge is -2.15. The molecular formula is C24H23ClFN3O8. The molecule has 1 unspecified atom stereocenters. The van der Waals surface area contributed by atoms with E-state index in [9.17, 15) is 23.6 Å². The predicted octanol–water partition coefficient (Wildman–Crippen LogP) is 2.49. The van der Waals surface area contributed by atoms with Crippen molar-refractivity contribution >= 4 is 46.9 Å². The van der Waals surface area contributed by atoms with E-state index in [4.69, 9.17) is 37.8 Å². The van der Waals surface area contributed by atoms with Crippen LogP contribution in [0.4, 0.5) is 10.1 Å². The number of benzodiazepines with no additional fused rings is 1. The summed E-state index contributed by atoms with van der Waals surface area (Å²) in [4.78, 5) is 42.8. The molecule has 13 heteroatoms. The molecule has 0 aromatic heterocycles. The summed E-state index contributed by atoms with van der Waals surface area (Å²) in [5.41, 5.74) is 8.48. The molecule has 7 N–H and O–H groups in total. The minimum absolute atomic E-state index is 0.0224. The number of carboxylic acids is 4. The fraction of sp³-hybridized carbons (Fsp3) is 0.125. The maximum Gasteiger partial charge on any atom is 0.328 e. The van der Waals surface area contributed by atoms with Crippen molar-refractivity contribution in [1.29, 1.82) is 0 Å². The molecular weight excluding hydrogens is 513 g/mol. The van der Waals surface area contributed by atoms with Crippen molar-refractivity contribution in [2.75, 3.05) is 18.4 Å². The van der Waals surface area contributed by atoms with Gasteiger partial charge in [-0.3, -0.25) is 4.99 Å². The number of carboxylic acid groups (broad SMARTS) is 4. The van der Waals surface area contributed by atoms with Gasteiger partial charge in [-0.1, -0.05) is 23.7 Å². The third-order valence-corrected chi connectivity index (χ3v) is 4.45. The zero-order chi connectivity index (χ0) is 28.0. The van der Waals surface area contributed by atoms with Crippen molar-refractivity contribution in [2.24, 2.45) is 10.7 Å². The number of benzene rings is 2. The highest BCUT2D eigenvalue weighted by molar-refractivity contribution is 6.31. The summed E-state index contributed by atoms with van der Waals surface area (Å²) < 4.78 is 14.1. The van der Waals surface area contributed by atoms with Crippen LogP contribution >= 0.6 is 11.6 Å². The Balaban J connectivity index is 0.000000355. The smallest absolute Gasteiger partial charge is 0.328 e. The number of anilines is 1. The Bertz CT molecular complexity index is 1160. The normalized spacial score (nSPS) is 14.0. The van der Waals surface area contributed by atoms with E-state index in [2.05, 4.69) is 10.3 Å². The Hall–Kier alpha value is -4.55. The third kappa shape index (κ3) is 11.6. The van der Waals surface area contributed by atoms with E-state index in [1.165, 1.54) is 6.07 Å². The Morgan fingerprint density at radius 3 is 1.89 bits per heavy atom. The molecule has 3 rings (SSSR count). The largest absolute Gasteiger partial charge is 0.478 e. The number of nitrogens with zero attached hydrogens (tertiary/aromatic N) is 1. The van der Waals surface area contributed by atoms with Crippen molar-refractivity contribution in [1.82, 2.24) is 0 Å². The zero-order valence-electron chi connectivity index (χ0n) is 19.0. The molecule has 1 heterocycles. The minimum atomic E-state index is -1.26. The fourth-order valence-corrected chi connectivity index (χ4v) is 2.86. The van der Waals surface area contributed by atoms with Crippen LogP contribution in [0.5, 0.6) is 0 Å². The van der Waals surface area contributed by atoms with Gasteiger partial charge in [0, 0.05) is 52.7 Å². The molecule has 196 valence electrons. The number of nitrogens with two attached hydrogens (primary N) is 1. The molecule has 1 aliphatic rings. The molecule has 2 aromatic carbocycles. The molecule has 0 radical (unpaired) electrons. The van der Waals surface area contributed by atoms with Gasteiger partial charge in [0.05, 0.1) is 18.3 Å². The van der Waals surface area contributed by atoms with Crippen molar-refractivity contribution in [3.05, 3.63) is 88.7 Å². The van der Waals surface area contributed by atoms with Gasteiger partial charge in [0.15, 0.2) is 0 Å². The molecule has 0 saturated heterocycles. The highest BCUT2D eigenvalue weighted by Crippen LogP contribution is 2.27. The SMILES string of the molecule is NCC1CN=C(c2ccccc2F)c2cc(Cl)ccc2N1.O=C(O)/C=C\C(=O)O.O=C(O)/C=C\C(=O)O. The molecule has 1 aliphatic heterocycles. The number of fused-ring (bicyclic) bond motifs is 1. The summed E-state index contributed by atoms with van der Waals surface area (Å²) >= 11 is 6.09. The van der Waals surface area contributed by atoms with Crippen LogP contribution in [0.15, 0.2) is 71.8 Å². The van der Waals surface area contributed by atoms with Crippen molar-refractivity contribution < 1.29 is 44.0 Å². The first-order valence-electron chi connectivity index (χ1n) is 10.3. The van der Waals surface area contributed by atoms with Crippen LogP contribution in [0, 0.1) is 5.82 Å². The number of rotatable bonds is 6. The van der Waals surface area contributed by atoms with Crippen LogP contribution in [0.2, 0.25) is 5.02 Å². The second-order valence-electron chi connectivity index (χ2n) is 6.96. The molecule has 0 fully saturated rings. The lowest BCUT2D eigenvalue weighted by molar-refractivity contribution is -0.134. The molecule has 11 nitrogen and oxygen atoms in total. The van der Waals surface area contributed by atoms with Crippen molar-refractivity contribution in [3.8, 4) is 0 Å². The van der Waals surface area contributed by atoms with Gasteiger partial charge in [-0.05, 0) is 30.3 Å². The Morgan fingerprint density at radius 2 is 1.43 bits per heavy atom. The first kappa shape index (κ1) is 30.5. The van der Waals surface area contributed by atoms with E-state index < -0.39 is 23.9 Å². The molecule has 2 aromatic rings. The first-order valence-corrected chi connectivity index (χ1v) is 10.7. The van der Waals surface area contributed by atoms with E-state index >= 15 is 0 Å². The summed E-state index contributed by atoms with van der Waals surface area (Å²) in [6, 6.07) is 12.1. The monoisotopic (exact) mass is 535 g/mol. The molecule has 37 heavy (non-hydrogen) atoms. The molecule has 1 atom stereocenters. The van der Waals surface area contributed by atoms with E-state index in [-0.39, 0.29) is 11.9 Å². The number of hydrogen-bond donors (Lipinski definition) is 6. The molecule has 0 bridgehead atoms. The van der Waals surface area contributed by atoms with Crippen LogP contribution < -0.4 is 11.1 Å². The Kier molecular flexibility index (Phi) is 12.7. The average Bonchev–Trinajstić information content (AvgIpc) is 3.01. The highest BCUT2D eigenvalue weighted by atomic mass is 35.5. The third-order valence-electron chi connectivity index (χ3n) is 4.22. The minimum Gasteiger partial charge on any atom is -0.478 e. The number of aliphatic imine (C=N–C) groups is 1. The average molecular weight is 536 g/mol. The highest BCUT2D eigenvalue weighted by Gasteiger charge is 2.21. The van der Waals surface area contributed by atoms with Crippen LogP contribution in [0.25, 0.3) is 0 Å². The van der Waals surface area contributed by atoms with Crippen molar-refractivity contribution in [3.63, 3.8) is 0 Å². The summed E-state index contributed by atoms with van der Waals surface area (Å²) in [6.07, 6.45) is 2.23. The maximum atomic E-state index is 14.1. The first-order chi connectivity index (χ1) is 17.4. The fourth-order valence-electron chi connectivity index (χ4n) is 2.69. The van der Waals surface area contributed by atoms with Gasteiger partial charge < -0.3 is 31.5 Å². The Morgan fingerprint density at radius 1 is 0.919 bits per heavy atom. The number of hydrogen-bond acceptors (Lipinski definition) is 7. The number of halogens is 2. The van der Waals surface area contributed by atoms with Gasteiger partial charge in [0.25, 0.3) is 0 Å². The van der Waals surface area contributed by atoms with E-state index in [0.717, 1.165) is 11.3 Å². The van der Waals surface area contributed by atoms with E-state index in [0.29, 0.717) is 53.7 Å². The second kappa shape index (κ2) is 15.4. The summed E-state index contributed by atoms with van der Waals surface area (Å²) in [5, 5.41) is 35.2. The summed E-state index contributed by atoms with van der Waals surface area (Å²) in [7, 11) is 0. The van der Waals surface area contributed by atoms with E-state index in [1.54, 1.807) is 30.3 Å². The molecule has 0 spiro atoms. The van der Waals surface area contributed by atoms with E-state index in [1.807, 2.05) is 6.07 Å². The van der Waals surface area contributed by atoms with Gasteiger partial charge in [-0.25, -0.2) is 23.6 Å². The van der Waals surface area contributed by atoms with Crippen LogP contribution in [-0.4, -0.2) is 69.1 Å². The van der Waals surface area contributed by atoms with Crippen LogP contribution in [0.1, 0.15) is 11.1 Å². The van der Waals surface area contributed by atoms with Gasteiger partial charge in [-0.2, -0.15) is 0 Å². The van der Waals surface area contributed by atoms with Crippen LogP contribution in [0.3, 0.4) is 0 Å². The number of nitrogens with one attached hydrogen (secondary N) is 1. The Labute approximate surface area is 215 Å². The van der Waals surface area contributed by atoms with Gasteiger partial charge in [0.2, 0.25) is 0 Å². The number of aliphatic carboxylic acids is 4. The van der Waals surface area contributed by atoms with Crippen LogP contribution in [-0.2, 0) is 19.2 Å². The molecule has 0 aliphatic carbocycles. The number of carbonyl (C=O) groups is 4. The quantitative estimate of drug-likeness (QED) is 0.298. The molecule has 0 amide bonds. The standard InChI is InChI=1S/C16H15ClFN3.2C4H4O4/c17-10-5-6-15-13(7-10)16(20-9-11(8-19)21-15)12-3-1-2-4-14(12)18;2*5-3(6)1-2-4(7)8/h1-7,11,21H,8-9,19H2;2*1-2H,(H,5,6)(H,7,8)/b;2*2-1-. The zero-order valence-corrected chi connectivity index (χ0v) is 19.8.